The number of hydrogen-bond donors (Lipinski definition) is 0. The molecule has 0 fully saturated rings. The summed E-state index contributed by atoms with van der Waals surface area (Å²) in [5.41, 5.74) is 3.98. The van der Waals surface area contributed by atoms with Gasteiger partial charge >= 0.3 is 5.97 Å². The van der Waals surface area contributed by atoms with Crippen LogP contribution in [-0.4, -0.2) is 30.8 Å². The highest BCUT2D eigenvalue weighted by Gasteiger charge is 2.19. The average Bonchev–Trinajstić information content (AvgIpc) is 2.51. The molecule has 118 valence electrons. The van der Waals surface area contributed by atoms with Crippen molar-refractivity contribution in [1.82, 2.24) is 4.98 Å². The molecule has 0 aliphatic rings. The number of ether oxygens (including phenoxy) is 1. The Morgan fingerprint density at radius 3 is 2.68 bits per heavy atom. The summed E-state index contributed by atoms with van der Waals surface area (Å²) in [4.78, 5) is 20.7. The number of aryl methyl sites for hydroxylation is 1. The zero-order valence-corrected chi connectivity index (χ0v) is 14.0. The minimum atomic E-state index is -0.361. The second-order valence-electron chi connectivity index (χ2n) is 4.71. The smallest absolute Gasteiger partial charge is 0.340 e. The Balaban J connectivity index is 3.64. The summed E-state index contributed by atoms with van der Waals surface area (Å²) in [6.45, 7) is 8.05. The normalized spacial score (nSPS) is 12.3. The summed E-state index contributed by atoms with van der Waals surface area (Å²) < 4.78 is 5.17. The number of aliphatic imine (C=N–C) groups is 1. The number of hydrogen-bond acceptors (Lipinski definition) is 4. The van der Waals surface area contributed by atoms with Crippen molar-refractivity contribution >= 4 is 23.8 Å². The first kappa shape index (κ1) is 17.8. The van der Waals surface area contributed by atoms with Crippen molar-refractivity contribution in [2.24, 2.45) is 4.99 Å². The number of nitrogens with zero attached hydrogens (tertiary/aromatic N) is 2. The van der Waals surface area contributed by atoms with E-state index in [-0.39, 0.29) is 5.97 Å². The number of carbonyl (C=O) groups excluding carboxylic acids is 1. The molecule has 0 saturated carbocycles. The van der Waals surface area contributed by atoms with Crippen molar-refractivity contribution in [2.45, 2.75) is 34.1 Å². The predicted molar refractivity (Wildman–Crippen MR) is 92.3 cm³/mol. The van der Waals surface area contributed by atoms with Crippen molar-refractivity contribution in [3.8, 4) is 0 Å². The van der Waals surface area contributed by atoms with Crippen LogP contribution in [-0.2, 0) is 4.74 Å². The number of esters is 1. The maximum atomic E-state index is 12.3. The summed E-state index contributed by atoms with van der Waals surface area (Å²) in [6, 6.07) is 0. The minimum Gasteiger partial charge on any atom is -0.462 e. The molecule has 1 rings (SSSR count). The van der Waals surface area contributed by atoms with Gasteiger partial charge in [0.2, 0.25) is 0 Å². The highest BCUT2D eigenvalue weighted by atomic mass is 16.5. The maximum Gasteiger partial charge on any atom is 0.340 e. The highest BCUT2D eigenvalue weighted by Crippen LogP contribution is 2.26. The van der Waals surface area contributed by atoms with Crippen molar-refractivity contribution in [3.63, 3.8) is 0 Å². The number of carbonyl (C=O) groups is 1. The maximum absolute atomic E-state index is 12.3. The van der Waals surface area contributed by atoms with Crippen molar-refractivity contribution in [2.75, 3.05) is 13.7 Å². The van der Waals surface area contributed by atoms with E-state index in [1.807, 2.05) is 26.0 Å². The lowest BCUT2D eigenvalue weighted by Crippen LogP contribution is -2.11. The summed E-state index contributed by atoms with van der Waals surface area (Å²) in [5, 5.41) is 0. The zero-order chi connectivity index (χ0) is 16.5. The fraction of sp³-hybridized carbons (Fsp3) is 0.389. The third kappa shape index (κ3) is 4.13. The van der Waals surface area contributed by atoms with Gasteiger partial charge in [-0.25, -0.2) is 4.79 Å². The average molecular weight is 300 g/mol. The molecular weight excluding hydrogens is 276 g/mol. The van der Waals surface area contributed by atoms with Gasteiger partial charge in [-0.1, -0.05) is 25.2 Å². The van der Waals surface area contributed by atoms with E-state index in [4.69, 9.17) is 4.74 Å². The van der Waals surface area contributed by atoms with Gasteiger partial charge in [0.05, 0.1) is 12.2 Å². The standard InChI is InChI=1S/C18H24N2O2/c1-6-9-10-15-13(4)20-12-16(18(21)22-8-3)17(15)14(7-2)11-19-5/h7,9-12H,6,8H2,1-5H3/b10-9-,14-7+,19-11?. The van der Waals surface area contributed by atoms with Crippen LogP contribution in [0.5, 0.6) is 0 Å². The topological polar surface area (TPSA) is 51.5 Å². The zero-order valence-electron chi connectivity index (χ0n) is 14.0. The second kappa shape index (κ2) is 8.93. The van der Waals surface area contributed by atoms with Gasteiger partial charge < -0.3 is 4.74 Å². The number of pyridine rings is 1. The number of aromatic nitrogens is 1. The van der Waals surface area contributed by atoms with Gasteiger partial charge in [0.1, 0.15) is 0 Å². The van der Waals surface area contributed by atoms with Gasteiger partial charge in [0.15, 0.2) is 0 Å². The lowest BCUT2D eigenvalue weighted by Gasteiger charge is -2.14. The highest BCUT2D eigenvalue weighted by molar-refractivity contribution is 6.14. The fourth-order valence-electron chi connectivity index (χ4n) is 2.16. The van der Waals surface area contributed by atoms with Gasteiger partial charge in [-0.15, -0.1) is 0 Å². The Labute approximate surface area is 132 Å². The molecule has 0 bridgehead atoms. The Kier molecular flexibility index (Phi) is 7.23. The van der Waals surface area contributed by atoms with Crippen LogP contribution in [0.2, 0.25) is 0 Å². The number of allylic oxidation sites excluding steroid dienone is 3. The lowest BCUT2D eigenvalue weighted by atomic mass is 9.94. The summed E-state index contributed by atoms with van der Waals surface area (Å²) >= 11 is 0. The first-order valence-corrected chi connectivity index (χ1v) is 7.52. The van der Waals surface area contributed by atoms with E-state index >= 15 is 0 Å². The van der Waals surface area contributed by atoms with Gasteiger partial charge in [0, 0.05) is 36.3 Å². The van der Waals surface area contributed by atoms with Crippen LogP contribution in [0.25, 0.3) is 11.6 Å². The Bertz CT molecular complexity index is 614. The van der Waals surface area contributed by atoms with E-state index in [0.717, 1.165) is 28.8 Å². The van der Waals surface area contributed by atoms with Crippen LogP contribution in [0.1, 0.15) is 54.4 Å². The molecule has 4 nitrogen and oxygen atoms in total. The van der Waals surface area contributed by atoms with Gasteiger partial charge in [0.25, 0.3) is 0 Å². The molecular formula is C18H24N2O2. The van der Waals surface area contributed by atoms with Crippen LogP contribution in [0, 0.1) is 6.92 Å². The molecule has 0 atom stereocenters. The van der Waals surface area contributed by atoms with Crippen molar-refractivity contribution in [3.05, 3.63) is 40.7 Å². The second-order valence-corrected chi connectivity index (χ2v) is 4.71. The Morgan fingerprint density at radius 1 is 1.41 bits per heavy atom. The van der Waals surface area contributed by atoms with Crippen LogP contribution >= 0.6 is 0 Å². The van der Waals surface area contributed by atoms with E-state index in [1.165, 1.54) is 0 Å². The monoisotopic (exact) mass is 300 g/mol. The largest absolute Gasteiger partial charge is 0.462 e. The molecule has 1 heterocycles. The van der Waals surface area contributed by atoms with E-state index in [2.05, 4.69) is 23.0 Å². The molecule has 0 amide bonds. The third-order valence-electron chi connectivity index (χ3n) is 3.20. The van der Waals surface area contributed by atoms with E-state index in [1.54, 1.807) is 26.4 Å². The van der Waals surface area contributed by atoms with E-state index in [9.17, 15) is 4.79 Å². The van der Waals surface area contributed by atoms with E-state index < -0.39 is 0 Å². The Hall–Kier alpha value is -2.23. The quantitative estimate of drug-likeness (QED) is 0.587. The number of rotatable bonds is 6. The summed E-state index contributed by atoms with van der Waals surface area (Å²) in [5.74, 6) is -0.361. The van der Waals surface area contributed by atoms with Gasteiger partial charge in [-0.05, 0) is 32.8 Å². The van der Waals surface area contributed by atoms with Crippen LogP contribution < -0.4 is 0 Å². The molecule has 22 heavy (non-hydrogen) atoms. The summed E-state index contributed by atoms with van der Waals surface area (Å²) in [7, 11) is 1.71. The SMILES string of the molecule is C/C=C(\C=NC)c1c(C(=O)OCC)cnc(C)c1/C=C\CC. The molecule has 0 saturated heterocycles. The van der Waals surface area contributed by atoms with Gasteiger partial charge in [-0.3, -0.25) is 9.98 Å². The van der Waals surface area contributed by atoms with Crippen LogP contribution in [0.4, 0.5) is 0 Å². The lowest BCUT2D eigenvalue weighted by molar-refractivity contribution is 0.0525. The molecule has 4 heteroatoms. The fourth-order valence-corrected chi connectivity index (χ4v) is 2.16. The van der Waals surface area contributed by atoms with Crippen LogP contribution in [0.3, 0.4) is 0 Å². The molecule has 0 unspecified atom stereocenters. The van der Waals surface area contributed by atoms with Gasteiger partial charge in [-0.2, -0.15) is 0 Å². The van der Waals surface area contributed by atoms with Crippen molar-refractivity contribution in [1.29, 1.82) is 0 Å². The predicted octanol–water partition coefficient (Wildman–Crippen LogP) is 4.09. The molecule has 1 aromatic heterocycles. The summed E-state index contributed by atoms with van der Waals surface area (Å²) in [6.07, 6.45) is 10.2. The van der Waals surface area contributed by atoms with Crippen LogP contribution in [0.15, 0.2) is 23.3 Å². The first-order chi connectivity index (χ1) is 10.6. The molecule has 0 spiro atoms. The first-order valence-electron chi connectivity index (χ1n) is 7.52. The molecule has 0 aliphatic heterocycles. The molecule has 0 aromatic carbocycles. The molecule has 0 N–H and O–H groups in total. The molecule has 0 radical (unpaired) electrons. The van der Waals surface area contributed by atoms with Crippen molar-refractivity contribution < 1.29 is 9.53 Å². The minimum absolute atomic E-state index is 0.333. The third-order valence-corrected chi connectivity index (χ3v) is 3.20. The van der Waals surface area contributed by atoms with E-state index in [0.29, 0.717) is 12.2 Å². The molecule has 0 aliphatic carbocycles. The molecule has 1 aromatic rings. The Morgan fingerprint density at radius 2 is 2.14 bits per heavy atom.